The molecule has 0 spiro atoms. The molecule has 0 saturated carbocycles. The van der Waals surface area contributed by atoms with Gasteiger partial charge in [-0.1, -0.05) is 11.6 Å². The Labute approximate surface area is 104 Å². The number of aliphatic hydroxyl groups is 1. The van der Waals surface area contributed by atoms with Crippen molar-refractivity contribution in [2.45, 2.75) is 24.4 Å². The van der Waals surface area contributed by atoms with Crippen molar-refractivity contribution in [2.75, 3.05) is 4.90 Å². The molecule has 1 aromatic rings. The van der Waals surface area contributed by atoms with E-state index in [0.29, 0.717) is 11.3 Å². The van der Waals surface area contributed by atoms with Gasteiger partial charge in [-0.3, -0.25) is 4.79 Å². The van der Waals surface area contributed by atoms with Crippen molar-refractivity contribution >= 4 is 23.2 Å². The summed E-state index contributed by atoms with van der Waals surface area (Å²) in [4.78, 5) is 13.2. The third-order valence-electron chi connectivity index (χ3n) is 2.97. The van der Waals surface area contributed by atoms with Crippen LogP contribution in [0.4, 0.5) is 5.69 Å². The second-order valence-corrected chi connectivity index (χ2v) is 4.75. The zero-order chi connectivity index (χ0) is 12.6. The van der Waals surface area contributed by atoms with Crippen molar-refractivity contribution in [3.63, 3.8) is 0 Å². The summed E-state index contributed by atoms with van der Waals surface area (Å²) in [6, 6.07) is 8.10. The van der Waals surface area contributed by atoms with Gasteiger partial charge in [0.15, 0.2) is 5.06 Å². The fraction of sp³-hybridized carbons (Fsp3) is 0.333. The first-order valence-corrected chi connectivity index (χ1v) is 5.57. The van der Waals surface area contributed by atoms with Crippen LogP contribution in [0.3, 0.4) is 0 Å². The fourth-order valence-corrected chi connectivity index (χ4v) is 2.13. The number of nitriles is 1. The SMILES string of the molecule is C[C@@H]1N(c2ccc(C#N)cc2)C(=O)C[C@]1(O)Cl. The van der Waals surface area contributed by atoms with E-state index in [-0.39, 0.29) is 12.3 Å². The fourth-order valence-electron chi connectivity index (χ4n) is 1.92. The van der Waals surface area contributed by atoms with E-state index >= 15 is 0 Å². The Bertz CT molecular complexity index is 490. The third-order valence-corrected chi connectivity index (χ3v) is 3.42. The number of anilines is 1. The lowest BCUT2D eigenvalue weighted by Gasteiger charge is -2.26. The van der Waals surface area contributed by atoms with Crippen molar-refractivity contribution in [1.29, 1.82) is 5.26 Å². The van der Waals surface area contributed by atoms with E-state index in [4.69, 9.17) is 16.9 Å². The van der Waals surface area contributed by atoms with Gasteiger partial charge < -0.3 is 10.0 Å². The molecule has 17 heavy (non-hydrogen) atoms. The van der Waals surface area contributed by atoms with E-state index in [2.05, 4.69) is 0 Å². The summed E-state index contributed by atoms with van der Waals surface area (Å²) in [6.45, 7) is 1.69. The van der Waals surface area contributed by atoms with Gasteiger partial charge in [0, 0.05) is 5.69 Å². The molecule has 0 unspecified atom stereocenters. The summed E-state index contributed by atoms with van der Waals surface area (Å²) < 4.78 is 0. The third kappa shape index (κ3) is 1.99. The van der Waals surface area contributed by atoms with Crippen LogP contribution in [0.2, 0.25) is 0 Å². The van der Waals surface area contributed by atoms with Crippen LogP contribution >= 0.6 is 11.6 Å². The molecule has 88 valence electrons. The van der Waals surface area contributed by atoms with Crippen molar-refractivity contribution in [3.8, 4) is 6.07 Å². The normalized spacial score (nSPS) is 28.2. The molecule has 1 aromatic carbocycles. The number of rotatable bonds is 1. The van der Waals surface area contributed by atoms with Gasteiger partial charge in [0.25, 0.3) is 0 Å². The van der Waals surface area contributed by atoms with Crippen LogP contribution in [0.5, 0.6) is 0 Å². The molecular formula is C12H11ClN2O2. The first-order chi connectivity index (χ1) is 7.95. The predicted molar refractivity (Wildman–Crippen MR) is 63.5 cm³/mol. The highest BCUT2D eigenvalue weighted by Crippen LogP contribution is 2.36. The Morgan fingerprint density at radius 2 is 2.12 bits per heavy atom. The maximum absolute atomic E-state index is 11.8. The summed E-state index contributed by atoms with van der Waals surface area (Å²) in [7, 11) is 0. The molecule has 4 nitrogen and oxygen atoms in total. The molecule has 0 aromatic heterocycles. The summed E-state index contributed by atoms with van der Waals surface area (Å²) >= 11 is 5.86. The zero-order valence-electron chi connectivity index (χ0n) is 9.22. The Hall–Kier alpha value is -1.57. The lowest BCUT2D eigenvalue weighted by molar-refractivity contribution is -0.117. The largest absolute Gasteiger partial charge is 0.372 e. The number of amides is 1. The van der Waals surface area contributed by atoms with Gasteiger partial charge in [0.1, 0.15) is 0 Å². The molecule has 2 rings (SSSR count). The molecule has 1 saturated heterocycles. The molecule has 1 fully saturated rings. The number of carbonyl (C=O) groups is 1. The maximum Gasteiger partial charge on any atom is 0.231 e. The van der Waals surface area contributed by atoms with Gasteiger partial charge in [0.2, 0.25) is 5.91 Å². The highest BCUT2D eigenvalue weighted by molar-refractivity contribution is 6.26. The van der Waals surface area contributed by atoms with Gasteiger partial charge >= 0.3 is 0 Å². The average Bonchev–Trinajstić information content (AvgIpc) is 2.49. The molecule has 1 aliphatic heterocycles. The standard InChI is InChI=1S/C12H11ClN2O2/c1-8-12(13,17)6-11(16)15(8)10-4-2-9(7-14)3-5-10/h2-5,8,17H,6H2,1H3/t8-,12+/m0/s1. The highest BCUT2D eigenvalue weighted by atomic mass is 35.5. The number of nitrogens with zero attached hydrogens (tertiary/aromatic N) is 2. The molecule has 5 heteroatoms. The molecule has 1 N–H and O–H groups in total. The number of benzene rings is 1. The molecule has 2 atom stereocenters. The van der Waals surface area contributed by atoms with Gasteiger partial charge in [-0.15, -0.1) is 0 Å². The lowest BCUT2D eigenvalue weighted by Crippen LogP contribution is -2.39. The number of hydrogen-bond acceptors (Lipinski definition) is 3. The first kappa shape index (κ1) is 11.9. The molecule has 0 aliphatic carbocycles. The van der Waals surface area contributed by atoms with E-state index in [9.17, 15) is 9.90 Å². The number of halogens is 1. The van der Waals surface area contributed by atoms with Crippen molar-refractivity contribution in [3.05, 3.63) is 29.8 Å². The molecule has 0 bridgehead atoms. The Balaban J connectivity index is 2.34. The lowest BCUT2D eigenvalue weighted by atomic mass is 10.1. The molecule has 0 radical (unpaired) electrons. The smallest absolute Gasteiger partial charge is 0.231 e. The average molecular weight is 251 g/mol. The topological polar surface area (TPSA) is 64.3 Å². The van der Waals surface area contributed by atoms with Crippen LogP contribution in [0.25, 0.3) is 0 Å². The Morgan fingerprint density at radius 1 is 1.53 bits per heavy atom. The molecular weight excluding hydrogens is 240 g/mol. The van der Waals surface area contributed by atoms with E-state index in [1.807, 2.05) is 6.07 Å². The first-order valence-electron chi connectivity index (χ1n) is 5.19. The van der Waals surface area contributed by atoms with Crippen LogP contribution in [0.15, 0.2) is 24.3 Å². The highest BCUT2D eigenvalue weighted by Gasteiger charge is 2.47. The van der Waals surface area contributed by atoms with E-state index in [1.54, 1.807) is 31.2 Å². The van der Waals surface area contributed by atoms with Crippen LogP contribution in [-0.4, -0.2) is 22.1 Å². The van der Waals surface area contributed by atoms with Gasteiger partial charge in [-0.25, -0.2) is 0 Å². The minimum atomic E-state index is -1.52. The summed E-state index contributed by atoms with van der Waals surface area (Å²) in [5.41, 5.74) is 1.16. The zero-order valence-corrected chi connectivity index (χ0v) is 9.98. The number of carbonyl (C=O) groups excluding carboxylic acids is 1. The van der Waals surface area contributed by atoms with Crippen LogP contribution < -0.4 is 4.90 Å². The van der Waals surface area contributed by atoms with Crippen molar-refractivity contribution < 1.29 is 9.90 Å². The van der Waals surface area contributed by atoms with E-state index < -0.39 is 11.1 Å². The van der Waals surface area contributed by atoms with Crippen LogP contribution in [0, 0.1) is 11.3 Å². The number of hydrogen-bond donors (Lipinski definition) is 1. The molecule has 1 aliphatic rings. The number of alkyl halides is 1. The Morgan fingerprint density at radius 3 is 2.53 bits per heavy atom. The molecule has 1 heterocycles. The van der Waals surface area contributed by atoms with Crippen LogP contribution in [0.1, 0.15) is 18.9 Å². The summed E-state index contributed by atoms with van der Waals surface area (Å²) in [6.07, 6.45) is -0.101. The quantitative estimate of drug-likeness (QED) is 0.770. The van der Waals surface area contributed by atoms with E-state index in [0.717, 1.165) is 0 Å². The maximum atomic E-state index is 11.8. The van der Waals surface area contributed by atoms with Gasteiger partial charge in [0.05, 0.1) is 24.1 Å². The minimum Gasteiger partial charge on any atom is -0.372 e. The van der Waals surface area contributed by atoms with Crippen LogP contribution in [-0.2, 0) is 4.79 Å². The predicted octanol–water partition coefficient (Wildman–Crippen LogP) is 1.61. The van der Waals surface area contributed by atoms with Gasteiger partial charge in [-0.2, -0.15) is 5.26 Å². The second kappa shape index (κ2) is 4.02. The van der Waals surface area contributed by atoms with Crippen molar-refractivity contribution in [1.82, 2.24) is 0 Å². The van der Waals surface area contributed by atoms with E-state index in [1.165, 1.54) is 4.90 Å². The summed E-state index contributed by atoms with van der Waals surface area (Å²) in [5.74, 6) is -0.222. The summed E-state index contributed by atoms with van der Waals surface area (Å²) in [5, 5.41) is 17.0. The van der Waals surface area contributed by atoms with Gasteiger partial charge in [-0.05, 0) is 31.2 Å². The minimum absolute atomic E-state index is 0.101. The van der Waals surface area contributed by atoms with Crippen molar-refractivity contribution in [2.24, 2.45) is 0 Å². The second-order valence-electron chi connectivity index (χ2n) is 4.09. The Kier molecular flexibility index (Phi) is 2.82. The molecule has 1 amide bonds. The monoisotopic (exact) mass is 250 g/mol.